The lowest BCUT2D eigenvalue weighted by molar-refractivity contribution is -0.139. The Morgan fingerprint density at radius 3 is 2.56 bits per heavy atom. The first-order valence-electron chi connectivity index (χ1n) is 10.8. The number of halogens is 2. The molecule has 0 aromatic heterocycles. The molecule has 4 rings (SSSR count). The minimum atomic E-state index is -0.505. The van der Waals surface area contributed by atoms with Gasteiger partial charge in [-0.25, -0.2) is 14.2 Å². The molecule has 0 unspecified atom stereocenters. The smallest absolute Gasteiger partial charge is 0.338 e. The number of thioether (sulfide) groups is 1. The summed E-state index contributed by atoms with van der Waals surface area (Å²) in [5, 5.41) is 6.01. The SMILES string of the molecule is CCOC(=O)C1=C(C)N=C2SC=C(CC(=O)NCc3ccc(F)cc3)N2[C@H]1c1ccc(Cl)cc1. The van der Waals surface area contributed by atoms with E-state index in [1.165, 1.54) is 23.9 Å². The average molecular weight is 500 g/mol. The largest absolute Gasteiger partial charge is 0.463 e. The average Bonchev–Trinajstić information content (AvgIpc) is 3.20. The molecule has 2 aliphatic rings. The molecule has 176 valence electrons. The second-order valence-corrected chi connectivity index (χ2v) is 9.02. The van der Waals surface area contributed by atoms with Crippen molar-refractivity contribution in [2.75, 3.05) is 6.61 Å². The number of aliphatic imine (C=N–C) groups is 1. The van der Waals surface area contributed by atoms with E-state index >= 15 is 0 Å². The molecule has 2 aliphatic heterocycles. The highest BCUT2D eigenvalue weighted by molar-refractivity contribution is 8.16. The molecule has 0 saturated heterocycles. The second kappa shape index (κ2) is 10.4. The van der Waals surface area contributed by atoms with Crippen molar-refractivity contribution in [1.82, 2.24) is 10.2 Å². The van der Waals surface area contributed by atoms with Crippen molar-refractivity contribution in [3.8, 4) is 0 Å². The summed E-state index contributed by atoms with van der Waals surface area (Å²) in [5.41, 5.74) is 3.35. The number of carbonyl (C=O) groups is 2. The van der Waals surface area contributed by atoms with Crippen LogP contribution in [0.4, 0.5) is 4.39 Å². The molecule has 2 heterocycles. The standard InChI is InChI=1S/C25H23ClFN3O3S/c1-3-33-24(32)22-15(2)29-25-30(23(22)17-6-8-18(26)9-7-17)20(14-34-25)12-21(31)28-13-16-4-10-19(27)11-5-16/h4-11,14,23H,3,12-13H2,1-2H3,(H,28,31)/t23-/m0/s1. The minimum absolute atomic E-state index is 0.0897. The van der Waals surface area contributed by atoms with Crippen LogP contribution in [0.25, 0.3) is 0 Å². The Morgan fingerprint density at radius 2 is 1.88 bits per heavy atom. The van der Waals surface area contributed by atoms with Gasteiger partial charge in [-0.05, 0) is 54.6 Å². The number of benzene rings is 2. The van der Waals surface area contributed by atoms with Gasteiger partial charge in [0.15, 0.2) is 5.17 Å². The van der Waals surface area contributed by atoms with Crippen LogP contribution in [0.5, 0.6) is 0 Å². The fraction of sp³-hybridized carbons (Fsp3) is 0.240. The summed E-state index contributed by atoms with van der Waals surface area (Å²) in [4.78, 5) is 32.2. The van der Waals surface area contributed by atoms with Gasteiger partial charge in [0.1, 0.15) is 5.82 Å². The number of hydrogen-bond donors (Lipinski definition) is 1. The molecule has 0 bridgehead atoms. The highest BCUT2D eigenvalue weighted by atomic mass is 35.5. The molecular formula is C25H23ClFN3O3S. The summed E-state index contributed by atoms with van der Waals surface area (Å²) in [5.74, 6) is -0.967. The number of hydrogen-bond acceptors (Lipinski definition) is 6. The summed E-state index contributed by atoms with van der Waals surface area (Å²) < 4.78 is 18.5. The Morgan fingerprint density at radius 1 is 1.18 bits per heavy atom. The summed E-state index contributed by atoms with van der Waals surface area (Å²) in [6, 6.07) is 12.7. The zero-order chi connectivity index (χ0) is 24.2. The van der Waals surface area contributed by atoms with Gasteiger partial charge in [-0.15, -0.1) is 0 Å². The van der Waals surface area contributed by atoms with Crippen LogP contribution in [0.15, 0.2) is 75.9 Å². The maximum atomic E-state index is 13.1. The van der Waals surface area contributed by atoms with Crippen LogP contribution in [0.2, 0.25) is 5.02 Å². The van der Waals surface area contributed by atoms with Gasteiger partial charge < -0.3 is 15.0 Å². The third-order valence-electron chi connectivity index (χ3n) is 5.43. The lowest BCUT2D eigenvalue weighted by atomic mass is 9.94. The van der Waals surface area contributed by atoms with Crippen LogP contribution in [-0.2, 0) is 20.9 Å². The third-order valence-corrected chi connectivity index (χ3v) is 6.57. The van der Waals surface area contributed by atoms with Crippen molar-refractivity contribution in [2.24, 2.45) is 4.99 Å². The topological polar surface area (TPSA) is 71.0 Å². The van der Waals surface area contributed by atoms with E-state index in [-0.39, 0.29) is 31.3 Å². The van der Waals surface area contributed by atoms with E-state index in [0.717, 1.165) is 16.8 Å². The number of ether oxygens (including phenoxy) is 1. The highest BCUT2D eigenvalue weighted by Gasteiger charge is 2.41. The molecule has 6 nitrogen and oxygen atoms in total. The molecule has 0 spiro atoms. The van der Waals surface area contributed by atoms with Crippen LogP contribution in [0, 0.1) is 5.82 Å². The molecule has 2 aromatic rings. The third kappa shape index (κ3) is 5.18. The van der Waals surface area contributed by atoms with Crippen molar-refractivity contribution in [3.05, 3.63) is 92.9 Å². The number of fused-ring (bicyclic) bond motifs is 1. The van der Waals surface area contributed by atoms with Gasteiger partial charge in [0.05, 0.1) is 30.3 Å². The van der Waals surface area contributed by atoms with Crippen LogP contribution in [0.3, 0.4) is 0 Å². The summed E-state index contributed by atoms with van der Waals surface area (Å²) in [6.07, 6.45) is 0.0897. The van der Waals surface area contributed by atoms with Crippen molar-refractivity contribution in [3.63, 3.8) is 0 Å². The van der Waals surface area contributed by atoms with Crippen molar-refractivity contribution in [2.45, 2.75) is 32.9 Å². The number of allylic oxidation sites excluding steroid dienone is 1. The molecule has 0 fully saturated rings. The lowest BCUT2D eigenvalue weighted by Gasteiger charge is -2.36. The molecule has 1 atom stereocenters. The molecular weight excluding hydrogens is 477 g/mol. The summed E-state index contributed by atoms with van der Waals surface area (Å²) in [7, 11) is 0. The van der Waals surface area contributed by atoms with Crippen LogP contribution in [0.1, 0.15) is 37.4 Å². The first-order valence-corrected chi connectivity index (χ1v) is 12.0. The summed E-state index contributed by atoms with van der Waals surface area (Å²) in [6.45, 7) is 4.07. The van der Waals surface area contributed by atoms with Crippen molar-refractivity contribution >= 4 is 40.4 Å². The molecule has 1 amide bonds. The molecule has 0 radical (unpaired) electrons. The van der Waals surface area contributed by atoms with Crippen LogP contribution >= 0.6 is 23.4 Å². The Labute approximate surface area is 206 Å². The normalized spacial score (nSPS) is 17.2. The number of rotatable bonds is 7. The van der Waals surface area contributed by atoms with Gasteiger partial charge in [-0.1, -0.05) is 47.6 Å². The van der Waals surface area contributed by atoms with E-state index in [1.54, 1.807) is 38.1 Å². The van der Waals surface area contributed by atoms with E-state index in [4.69, 9.17) is 16.3 Å². The van der Waals surface area contributed by atoms with E-state index in [0.29, 0.717) is 21.5 Å². The number of amides is 1. The highest BCUT2D eigenvalue weighted by Crippen LogP contribution is 2.44. The van der Waals surface area contributed by atoms with Crippen LogP contribution in [-0.4, -0.2) is 28.6 Å². The number of carbonyl (C=O) groups excluding carboxylic acids is 2. The van der Waals surface area contributed by atoms with Crippen molar-refractivity contribution < 1.29 is 18.7 Å². The Bertz CT molecular complexity index is 1190. The Balaban J connectivity index is 1.58. The zero-order valence-corrected chi connectivity index (χ0v) is 20.3. The molecule has 0 saturated carbocycles. The van der Waals surface area contributed by atoms with Gasteiger partial charge in [-0.2, -0.15) is 0 Å². The Kier molecular flexibility index (Phi) is 7.38. The first-order chi connectivity index (χ1) is 16.4. The molecule has 0 aliphatic carbocycles. The quantitative estimate of drug-likeness (QED) is 0.522. The predicted octanol–water partition coefficient (Wildman–Crippen LogP) is 5.32. The van der Waals surface area contributed by atoms with E-state index in [2.05, 4.69) is 10.3 Å². The zero-order valence-electron chi connectivity index (χ0n) is 18.7. The number of esters is 1. The van der Waals surface area contributed by atoms with E-state index in [1.807, 2.05) is 22.4 Å². The fourth-order valence-corrected chi connectivity index (χ4v) is 4.92. The predicted molar refractivity (Wildman–Crippen MR) is 131 cm³/mol. The van der Waals surface area contributed by atoms with E-state index in [9.17, 15) is 14.0 Å². The molecule has 34 heavy (non-hydrogen) atoms. The minimum Gasteiger partial charge on any atom is -0.463 e. The van der Waals surface area contributed by atoms with Crippen LogP contribution < -0.4 is 5.32 Å². The maximum absolute atomic E-state index is 13.1. The lowest BCUT2D eigenvalue weighted by Crippen LogP contribution is -2.38. The second-order valence-electron chi connectivity index (χ2n) is 7.75. The summed E-state index contributed by atoms with van der Waals surface area (Å²) >= 11 is 7.51. The molecule has 1 N–H and O–H groups in total. The monoisotopic (exact) mass is 499 g/mol. The van der Waals surface area contributed by atoms with Crippen molar-refractivity contribution in [1.29, 1.82) is 0 Å². The van der Waals surface area contributed by atoms with Gasteiger partial charge in [0.2, 0.25) is 5.91 Å². The Hall–Kier alpha value is -3.10. The molecule has 9 heteroatoms. The fourth-order valence-electron chi connectivity index (χ4n) is 3.83. The van der Waals surface area contributed by atoms with Gasteiger partial charge >= 0.3 is 5.97 Å². The van der Waals surface area contributed by atoms with Gasteiger partial charge in [0.25, 0.3) is 0 Å². The van der Waals surface area contributed by atoms with Gasteiger partial charge in [-0.3, -0.25) is 4.79 Å². The van der Waals surface area contributed by atoms with E-state index < -0.39 is 12.0 Å². The number of amidine groups is 1. The first kappa shape index (κ1) is 24.0. The maximum Gasteiger partial charge on any atom is 0.338 e. The molecule has 2 aromatic carbocycles. The number of nitrogens with one attached hydrogen (secondary N) is 1. The van der Waals surface area contributed by atoms with Gasteiger partial charge in [0, 0.05) is 17.3 Å². The number of nitrogens with zero attached hydrogens (tertiary/aromatic N) is 2.